The maximum absolute atomic E-state index is 13.1. The van der Waals surface area contributed by atoms with Crippen LogP contribution in [0.3, 0.4) is 0 Å². The van der Waals surface area contributed by atoms with E-state index in [0.29, 0.717) is 11.3 Å². The number of hydrogen-bond donors (Lipinski definition) is 2. The lowest BCUT2D eigenvalue weighted by Gasteiger charge is -2.14. The van der Waals surface area contributed by atoms with Crippen LogP contribution in [-0.4, -0.2) is 21.6 Å². The SMILES string of the molecule is Cc1cc(=O)c(C(=O)Nc2cccc(NC(=O)c3ccccc3)c2)nn1-c1cccc(C(F)(F)F)c1. The third-order valence-corrected chi connectivity index (χ3v) is 5.15. The molecular formula is C26H19F3N4O3. The summed E-state index contributed by atoms with van der Waals surface area (Å²) in [6.45, 7) is 1.50. The van der Waals surface area contributed by atoms with E-state index in [-0.39, 0.29) is 23.0 Å². The van der Waals surface area contributed by atoms with Gasteiger partial charge in [-0.3, -0.25) is 14.4 Å². The fourth-order valence-corrected chi connectivity index (χ4v) is 3.44. The minimum Gasteiger partial charge on any atom is -0.322 e. The Kier molecular flexibility index (Phi) is 6.69. The molecule has 0 unspecified atom stereocenters. The van der Waals surface area contributed by atoms with Crippen molar-refractivity contribution in [3.63, 3.8) is 0 Å². The van der Waals surface area contributed by atoms with Crippen molar-refractivity contribution in [3.05, 3.63) is 118 Å². The number of hydrogen-bond acceptors (Lipinski definition) is 4. The van der Waals surface area contributed by atoms with Crippen molar-refractivity contribution in [2.45, 2.75) is 13.1 Å². The highest BCUT2D eigenvalue weighted by atomic mass is 19.4. The van der Waals surface area contributed by atoms with Gasteiger partial charge in [-0.1, -0.05) is 30.3 Å². The lowest BCUT2D eigenvalue weighted by Crippen LogP contribution is -2.27. The molecule has 0 aliphatic heterocycles. The van der Waals surface area contributed by atoms with E-state index in [0.717, 1.165) is 22.9 Å². The summed E-state index contributed by atoms with van der Waals surface area (Å²) in [4.78, 5) is 37.7. The molecule has 4 aromatic rings. The highest BCUT2D eigenvalue weighted by molar-refractivity contribution is 6.05. The van der Waals surface area contributed by atoms with Crippen LogP contribution in [0.2, 0.25) is 0 Å². The van der Waals surface area contributed by atoms with Crippen LogP contribution in [0.1, 0.15) is 32.1 Å². The second-order valence-electron chi connectivity index (χ2n) is 7.81. The van der Waals surface area contributed by atoms with Crippen LogP contribution in [0.5, 0.6) is 0 Å². The van der Waals surface area contributed by atoms with Crippen molar-refractivity contribution in [2.24, 2.45) is 0 Å². The van der Waals surface area contributed by atoms with Crippen LogP contribution in [-0.2, 0) is 6.18 Å². The number of aryl methyl sites for hydroxylation is 1. The summed E-state index contributed by atoms with van der Waals surface area (Å²) in [6.07, 6.45) is -4.57. The van der Waals surface area contributed by atoms with E-state index in [4.69, 9.17) is 0 Å². The summed E-state index contributed by atoms with van der Waals surface area (Å²) in [5.41, 5.74) is -0.661. The maximum Gasteiger partial charge on any atom is 0.416 e. The molecule has 0 fully saturated rings. The zero-order valence-electron chi connectivity index (χ0n) is 18.8. The summed E-state index contributed by atoms with van der Waals surface area (Å²) in [5, 5.41) is 9.28. The van der Waals surface area contributed by atoms with Gasteiger partial charge in [-0.05, 0) is 55.5 Å². The van der Waals surface area contributed by atoms with E-state index in [2.05, 4.69) is 15.7 Å². The molecule has 36 heavy (non-hydrogen) atoms. The van der Waals surface area contributed by atoms with Crippen molar-refractivity contribution < 1.29 is 22.8 Å². The Morgan fingerprint density at radius 1 is 0.806 bits per heavy atom. The fourth-order valence-electron chi connectivity index (χ4n) is 3.44. The number of alkyl halides is 3. The van der Waals surface area contributed by atoms with Gasteiger partial charge in [0.25, 0.3) is 11.8 Å². The maximum atomic E-state index is 13.1. The Morgan fingerprint density at radius 3 is 2.11 bits per heavy atom. The zero-order valence-corrected chi connectivity index (χ0v) is 18.8. The molecule has 2 amide bonds. The summed E-state index contributed by atoms with van der Waals surface area (Å²) in [6, 6.07) is 20.3. The van der Waals surface area contributed by atoms with Gasteiger partial charge in [0.1, 0.15) is 0 Å². The average molecular weight is 492 g/mol. The average Bonchev–Trinajstić information content (AvgIpc) is 2.84. The quantitative estimate of drug-likeness (QED) is 0.407. The van der Waals surface area contributed by atoms with Crippen molar-refractivity contribution in [3.8, 4) is 5.69 Å². The number of carbonyl (C=O) groups excluding carboxylic acids is 2. The largest absolute Gasteiger partial charge is 0.416 e. The highest BCUT2D eigenvalue weighted by Gasteiger charge is 2.30. The number of nitrogens with zero attached hydrogens (tertiary/aromatic N) is 2. The molecule has 1 aromatic heterocycles. The first-order valence-corrected chi connectivity index (χ1v) is 10.7. The summed E-state index contributed by atoms with van der Waals surface area (Å²) in [5.74, 6) is -1.20. The third-order valence-electron chi connectivity index (χ3n) is 5.15. The molecule has 3 aromatic carbocycles. The number of aromatic nitrogens is 2. The predicted octanol–water partition coefficient (Wildman–Crippen LogP) is 5.06. The Morgan fingerprint density at radius 2 is 1.44 bits per heavy atom. The van der Waals surface area contributed by atoms with E-state index in [9.17, 15) is 27.6 Å². The topological polar surface area (TPSA) is 93.1 Å². The molecule has 0 radical (unpaired) electrons. The molecule has 0 spiro atoms. The molecular weight excluding hydrogens is 473 g/mol. The van der Waals surface area contributed by atoms with Gasteiger partial charge in [-0.25, -0.2) is 4.68 Å². The number of amides is 2. The molecule has 182 valence electrons. The van der Waals surface area contributed by atoms with Crippen LogP contribution in [0.4, 0.5) is 24.5 Å². The van der Waals surface area contributed by atoms with E-state index in [1.165, 1.54) is 25.1 Å². The van der Waals surface area contributed by atoms with Crippen molar-refractivity contribution in [1.82, 2.24) is 9.78 Å². The number of carbonyl (C=O) groups is 2. The van der Waals surface area contributed by atoms with Gasteiger partial charge < -0.3 is 10.6 Å². The molecule has 7 nitrogen and oxygen atoms in total. The number of benzene rings is 3. The smallest absolute Gasteiger partial charge is 0.322 e. The van der Waals surface area contributed by atoms with Gasteiger partial charge in [0, 0.05) is 28.7 Å². The van der Waals surface area contributed by atoms with Gasteiger partial charge in [-0.15, -0.1) is 0 Å². The number of anilines is 2. The van der Waals surface area contributed by atoms with Crippen LogP contribution >= 0.6 is 0 Å². The van der Waals surface area contributed by atoms with Gasteiger partial charge in [-0.2, -0.15) is 18.3 Å². The fraction of sp³-hybridized carbons (Fsp3) is 0.0769. The van der Waals surface area contributed by atoms with Gasteiger partial charge in [0.2, 0.25) is 5.43 Å². The van der Waals surface area contributed by atoms with Crippen LogP contribution in [0, 0.1) is 6.92 Å². The minimum atomic E-state index is -4.57. The lowest BCUT2D eigenvalue weighted by molar-refractivity contribution is -0.137. The van der Waals surface area contributed by atoms with E-state index in [1.54, 1.807) is 48.5 Å². The number of nitrogens with one attached hydrogen (secondary N) is 2. The van der Waals surface area contributed by atoms with Crippen molar-refractivity contribution >= 4 is 23.2 Å². The molecule has 1 heterocycles. The molecule has 0 saturated carbocycles. The first kappa shape index (κ1) is 24.4. The van der Waals surface area contributed by atoms with E-state index in [1.807, 2.05) is 0 Å². The molecule has 0 aliphatic rings. The normalized spacial score (nSPS) is 11.1. The Hall–Kier alpha value is -4.73. The molecule has 4 rings (SSSR count). The molecule has 0 aliphatic carbocycles. The highest BCUT2D eigenvalue weighted by Crippen LogP contribution is 2.30. The van der Waals surface area contributed by atoms with E-state index < -0.39 is 28.8 Å². The first-order chi connectivity index (χ1) is 17.1. The monoisotopic (exact) mass is 492 g/mol. The minimum absolute atomic E-state index is 0.0435. The van der Waals surface area contributed by atoms with Crippen molar-refractivity contribution in [1.29, 1.82) is 0 Å². The molecule has 10 heteroatoms. The second kappa shape index (κ2) is 9.87. The summed E-state index contributed by atoms with van der Waals surface area (Å²) in [7, 11) is 0. The lowest BCUT2D eigenvalue weighted by atomic mass is 10.2. The third kappa shape index (κ3) is 5.49. The van der Waals surface area contributed by atoms with Crippen LogP contribution < -0.4 is 16.1 Å². The predicted molar refractivity (Wildman–Crippen MR) is 128 cm³/mol. The molecule has 2 N–H and O–H groups in total. The van der Waals surface area contributed by atoms with Gasteiger partial charge >= 0.3 is 6.18 Å². The number of rotatable bonds is 5. The summed E-state index contributed by atoms with van der Waals surface area (Å²) >= 11 is 0. The number of halogens is 3. The zero-order chi connectivity index (χ0) is 25.9. The first-order valence-electron chi connectivity index (χ1n) is 10.7. The Labute approximate surface area is 203 Å². The second-order valence-corrected chi connectivity index (χ2v) is 7.81. The molecule has 0 atom stereocenters. The standard InChI is InChI=1S/C26H19F3N4O3/c1-16-13-22(34)23(32-33(16)21-12-5-9-18(14-21)26(27,28)29)25(36)31-20-11-6-10-19(15-20)30-24(35)17-7-3-2-4-8-17/h2-15H,1H3,(H,30,35)(H,31,36). The summed E-state index contributed by atoms with van der Waals surface area (Å²) < 4.78 is 40.5. The Bertz CT molecular complexity index is 1500. The van der Waals surface area contributed by atoms with Crippen molar-refractivity contribution in [2.75, 3.05) is 10.6 Å². The molecule has 0 bridgehead atoms. The van der Waals surface area contributed by atoms with Gasteiger partial charge in [0.15, 0.2) is 5.69 Å². The Balaban J connectivity index is 1.58. The van der Waals surface area contributed by atoms with Crippen LogP contribution in [0.15, 0.2) is 89.7 Å². The van der Waals surface area contributed by atoms with Gasteiger partial charge in [0.05, 0.1) is 11.3 Å². The molecule has 0 saturated heterocycles. The van der Waals surface area contributed by atoms with E-state index >= 15 is 0 Å². The van der Waals surface area contributed by atoms with Crippen LogP contribution in [0.25, 0.3) is 5.69 Å².